The molecule has 1 aromatic rings. The van der Waals surface area contributed by atoms with Gasteiger partial charge in [0.2, 0.25) is 0 Å². The van der Waals surface area contributed by atoms with Crippen LogP contribution in [-0.2, 0) is 6.54 Å². The topological polar surface area (TPSA) is 12.0 Å². The Kier molecular flexibility index (Phi) is 7.01. The lowest BCUT2D eigenvalue weighted by molar-refractivity contribution is 0.573. The van der Waals surface area contributed by atoms with Gasteiger partial charge in [0, 0.05) is 22.5 Å². The molecule has 0 bridgehead atoms. The van der Waals surface area contributed by atoms with Crippen molar-refractivity contribution in [3.8, 4) is 0 Å². The molecule has 90 valence electrons. The Morgan fingerprint density at radius 1 is 1.25 bits per heavy atom. The normalized spacial score (nSPS) is 10.7. The average Bonchev–Trinajstić information content (AvgIpc) is 2.26. The Bertz CT molecular complexity index is 320. The third kappa shape index (κ3) is 5.28. The first-order valence-corrected chi connectivity index (χ1v) is 6.77. The molecule has 0 atom stereocenters. The van der Waals surface area contributed by atoms with Crippen molar-refractivity contribution in [3.63, 3.8) is 0 Å². The number of hydrogen-bond donors (Lipinski definition) is 1. The van der Waals surface area contributed by atoms with Gasteiger partial charge in [-0.15, -0.1) is 11.6 Å². The van der Waals surface area contributed by atoms with E-state index in [2.05, 4.69) is 21.2 Å². The van der Waals surface area contributed by atoms with Gasteiger partial charge in [0.25, 0.3) is 0 Å². The van der Waals surface area contributed by atoms with E-state index < -0.39 is 0 Å². The summed E-state index contributed by atoms with van der Waals surface area (Å²) in [6.07, 6.45) is 3.26. The molecule has 4 heteroatoms. The number of rotatable bonds is 7. The minimum absolute atomic E-state index is 0.164. The highest BCUT2D eigenvalue weighted by molar-refractivity contribution is 9.10. The lowest BCUT2D eigenvalue weighted by Gasteiger charge is -2.06. The predicted octanol–water partition coefficient (Wildman–Crippen LogP) is 4.09. The van der Waals surface area contributed by atoms with Crippen LogP contribution >= 0.6 is 27.5 Å². The van der Waals surface area contributed by atoms with E-state index in [0.29, 0.717) is 12.1 Å². The van der Waals surface area contributed by atoms with Crippen molar-refractivity contribution in [1.29, 1.82) is 0 Å². The molecule has 0 aliphatic heterocycles. The largest absolute Gasteiger partial charge is 0.313 e. The van der Waals surface area contributed by atoms with Crippen LogP contribution in [0.25, 0.3) is 0 Å². The lowest BCUT2D eigenvalue weighted by Crippen LogP contribution is -2.15. The van der Waals surface area contributed by atoms with E-state index in [1.807, 2.05) is 6.07 Å². The molecule has 0 amide bonds. The van der Waals surface area contributed by atoms with Crippen LogP contribution in [-0.4, -0.2) is 12.4 Å². The monoisotopic (exact) mass is 307 g/mol. The van der Waals surface area contributed by atoms with E-state index in [0.717, 1.165) is 36.2 Å². The summed E-state index contributed by atoms with van der Waals surface area (Å²) < 4.78 is 14.2. The first-order valence-electron chi connectivity index (χ1n) is 5.44. The van der Waals surface area contributed by atoms with E-state index in [-0.39, 0.29) is 5.82 Å². The fraction of sp³-hybridized carbons (Fsp3) is 0.500. The van der Waals surface area contributed by atoms with Crippen LogP contribution in [0.1, 0.15) is 24.8 Å². The molecule has 0 aromatic heterocycles. The van der Waals surface area contributed by atoms with Crippen molar-refractivity contribution >= 4 is 27.5 Å². The summed E-state index contributed by atoms with van der Waals surface area (Å²) in [6.45, 7) is 1.49. The van der Waals surface area contributed by atoms with Gasteiger partial charge in [0.15, 0.2) is 0 Å². The smallest absolute Gasteiger partial charge is 0.128 e. The highest BCUT2D eigenvalue weighted by Crippen LogP contribution is 2.14. The minimum Gasteiger partial charge on any atom is -0.313 e. The van der Waals surface area contributed by atoms with Crippen molar-refractivity contribution in [2.45, 2.75) is 25.8 Å². The Morgan fingerprint density at radius 2 is 2.06 bits per heavy atom. The summed E-state index contributed by atoms with van der Waals surface area (Å²) in [5, 5.41) is 3.22. The second kappa shape index (κ2) is 8.04. The first kappa shape index (κ1) is 13.9. The van der Waals surface area contributed by atoms with Gasteiger partial charge >= 0.3 is 0 Å². The Hall–Kier alpha value is -0.120. The molecule has 1 N–H and O–H groups in total. The third-order valence-corrected chi connectivity index (χ3v) is 3.08. The van der Waals surface area contributed by atoms with Crippen molar-refractivity contribution < 1.29 is 4.39 Å². The van der Waals surface area contributed by atoms with Crippen molar-refractivity contribution in [1.82, 2.24) is 5.32 Å². The lowest BCUT2D eigenvalue weighted by atomic mass is 10.2. The molecule has 0 fully saturated rings. The quantitative estimate of drug-likeness (QED) is 0.591. The average molecular weight is 309 g/mol. The van der Waals surface area contributed by atoms with Gasteiger partial charge < -0.3 is 5.32 Å². The summed E-state index contributed by atoms with van der Waals surface area (Å²) in [7, 11) is 0. The highest BCUT2D eigenvalue weighted by Gasteiger charge is 2.01. The second-order valence-corrected chi connectivity index (χ2v) is 4.96. The molecule has 0 unspecified atom stereocenters. The standard InChI is InChI=1S/C12H16BrClFN/c13-11-5-4-10(12(15)8-11)9-16-7-3-1-2-6-14/h4-5,8,16H,1-3,6-7,9H2. The molecule has 16 heavy (non-hydrogen) atoms. The molecule has 1 aromatic carbocycles. The van der Waals surface area contributed by atoms with Crippen molar-refractivity contribution in [2.24, 2.45) is 0 Å². The Morgan fingerprint density at radius 3 is 2.75 bits per heavy atom. The maximum absolute atomic E-state index is 13.4. The number of nitrogens with one attached hydrogen (secondary N) is 1. The molecule has 0 saturated carbocycles. The van der Waals surface area contributed by atoms with Crippen molar-refractivity contribution in [2.75, 3.05) is 12.4 Å². The van der Waals surface area contributed by atoms with E-state index in [4.69, 9.17) is 11.6 Å². The third-order valence-electron chi connectivity index (χ3n) is 2.32. The van der Waals surface area contributed by atoms with E-state index >= 15 is 0 Å². The second-order valence-electron chi connectivity index (χ2n) is 3.66. The molecule has 1 nitrogen and oxygen atoms in total. The van der Waals surface area contributed by atoms with Gasteiger partial charge in [-0.3, -0.25) is 0 Å². The molecule has 0 aliphatic rings. The highest BCUT2D eigenvalue weighted by atomic mass is 79.9. The SMILES string of the molecule is Fc1cc(Br)ccc1CNCCCCCCl. The molecule has 0 spiro atoms. The number of unbranched alkanes of at least 4 members (excludes halogenated alkanes) is 2. The molecule has 1 rings (SSSR count). The van der Waals surface area contributed by atoms with Gasteiger partial charge in [0.1, 0.15) is 5.82 Å². The molecular weight excluding hydrogens is 292 g/mol. The maximum atomic E-state index is 13.4. The number of hydrogen-bond acceptors (Lipinski definition) is 1. The fourth-order valence-corrected chi connectivity index (χ4v) is 1.93. The maximum Gasteiger partial charge on any atom is 0.128 e. The predicted molar refractivity (Wildman–Crippen MR) is 70.4 cm³/mol. The minimum atomic E-state index is -0.164. The van der Waals surface area contributed by atoms with Gasteiger partial charge in [-0.05, 0) is 31.5 Å². The van der Waals surface area contributed by atoms with E-state index in [1.165, 1.54) is 6.07 Å². The van der Waals surface area contributed by atoms with Gasteiger partial charge in [-0.25, -0.2) is 4.39 Å². The molecule has 0 saturated heterocycles. The van der Waals surface area contributed by atoms with Crippen LogP contribution in [0, 0.1) is 5.82 Å². The zero-order valence-electron chi connectivity index (χ0n) is 9.11. The summed E-state index contributed by atoms with van der Waals surface area (Å²) in [5.74, 6) is 0.559. The summed E-state index contributed by atoms with van der Waals surface area (Å²) >= 11 is 8.81. The van der Waals surface area contributed by atoms with Crippen LogP contribution < -0.4 is 5.32 Å². The Balaban J connectivity index is 2.21. The zero-order chi connectivity index (χ0) is 11.8. The van der Waals surface area contributed by atoms with E-state index in [9.17, 15) is 4.39 Å². The van der Waals surface area contributed by atoms with Gasteiger partial charge in [-0.2, -0.15) is 0 Å². The Labute approximate surface area is 110 Å². The summed E-state index contributed by atoms with van der Waals surface area (Å²) in [5.41, 5.74) is 0.709. The number of halogens is 3. The van der Waals surface area contributed by atoms with Crippen LogP contribution in [0.3, 0.4) is 0 Å². The van der Waals surface area contributed by atoms with Crippen LogP contribution in [0.15, 0.2) is 22.7 Å². The fourth-order valence-electron chi connectivity index (χ4n) is 1.41. The van der Waals surface area contributed by atoms with Crippen molar-refractivity contribution in [3.05, 3.63) is 34.1 Å². The van der Waals surface area contributed by atoms with Crippen LogP contribution in [0.5, 0.6) is 0 Å². The summed E-state index contributed by atoms with van der Waals surface area (Å²) in [4.78, 5) is 0. The van der Waals surface area contributed by atoms with E-state index in [1.54, 1.807) is 6.07 Å². The van der Waals surface area contributed by atoms with Gasteiger partial charge in [-0.1, -0.05) is 28.4 Å². The van der Waals surface area contributed by atoms with Crippen LogP contribution in [0.4, 0.5) is 4.39 Å². The number of benzene rings is 1. The van der Waals surface area contributed by atoms with Crippen LogP contribution in [0.2, 0.25) is 0 Å². The molecule has 0 radical (unpaired) electrons. The molecule has 0 aliphatic carbocycles. The zero-order valence-corrected chi connectivity index (χ0v) is 11.5. The van der Waals surface area contributed by atoms with Gasteiger partial charge in [0.05, 0.1) is 0 Å². The molecular formula is C12H16BrClFN. The molecule has 0 heterocycles. The first-order chi connectivity index (χ1) is 7.74. The summed E-state index contributed by atoms with van der Waals surface area (Å²) in [6, 6.07) is 5.14. The number of alkyl halides is 1.